The first-order valence-electron chi connectivity index (χ1n) is 5.42. The van der Waals surface area contributed by atoms with Crippen molar-refractivity contribution in [1.29, 1.82) is 0 Å². The first-order chi connectivity index (χ1) is 7.33. The quantitative estimate of drug-likeness (QED) is 0.782. The molecule has 1 atom stereocenters. The van der Waals surface area contributed by atoms with E-state index in [2.05, 4.69) is 10.1 Å². The maximum absolute atomic E-state index is 9.19. The second-order valence-corrected chi connectivity index (χ2v) is 4.37. The molecule has 0 radical (unpaired) electrons. The SMILES string of the molecule is OC1CC(c2nc(C3CCOC3)no2)C1. The largest absolute Gasteiger partial charge is 0.393 e. The van der Waals surface area contributed by atoms with Gasteiger partial charge in [-0.1, -0.05) is 5.16 Å². The van der Waals surface area contributed by atoms with Crippen LogP contribution < -0.4 is 0 Å². The van der Waals surface area contributed by atoms with Crippen molar-refractivity contribution >= 4 is 0 Å². The molecular formula is C10H14N2O3. The van der Waals surface area contributed by atoms with Crippen molar-refractivity contribution in [2.24, 2.45) is 0 Å². The van der Waals surface area contributed by atoms with Crippen LogP contribution in [-0.2, 0) is 4.74 Å². The van der Waals surface area contributed by atoms with Crippen LogP contribution in [0.25, 0.3) is 0 Å². The summed E-state index contributed by atoms with van der Waals surface area (Å²) >= 11 is 0. The molecule has 82 valence electrons. The molecule has 0 spiro atoms. The van der Waals surface area contributed by atoms with Gasteiger partial charge in [-0.3, -0.25) is 0 Å². The lowest BCUT2D eigenvalue weighted by Crippen LogP contribution is -2.26. The van der Waals surface area contributed by atoms with E-state index in [0.717, 1.165) is 31.7 Å². The molecule has 0 aromatic carbocycles. The fourth-order valence-electron chi connectivity index (χ4n) is 2.11. The lowest BCUT2D eigenvalue weighted by molar-refractivity contribution is 0.0625. The van der Waals surface area contributed by atoms with Crippen molar-refractivity contribution in [1.82, 2.24) is 10.1 Å². The predicted molar refractivity (Wildman–Crippen MR) is 50.5 cm³/mol. The van der Waals surface area contributed by atoms with Crippen molar-refractivity contribution < 1.29 is 14.4 Å². The maximum Gasteiger partial charge on any atom is 0.229 e. The molecule has 2 fully saturated rings. The molecule has 1 saturated carbocycles. The Morgan fingerprint density at radius 3 is 2.80 bits per heavy atom. The minimum atomic E-state index is -0.180. The van der Waals surface area contributed by atoms with E-state index >= 15 is 0 Å². The average Bonchev–Trinajstić information content (AvgIpc) is 2.83. The highest BCUT2D eigenvalue weighted by Gasteiger charge is 2.34. The van der Waals surface area contributed by atoms with Gasteiger partial charge < -0.3 is 14.4 Å². The number of aliphatic hydroxyl groups excluding tert-OH is 1. The maximum atomic E-state index is 9.19. The van der Waals surface area contributed by atoms with E-state index in [9.17, 15) is 5.11 Å². The van der Waals surface area contributed by atoms with Gasteiger partial charge in [-0.25, -0.2) is 0 Å². The second kappa shape index (κ2) is 3.57. The normalized spacial score (nSPS) is 35.4. The predicted octanol–water partition coefficient (Wildman–Crippen LogP) is 0.812. The van der Waals surface area contributed by atoms with E-state index in [0.29, 0.717) is 18.4 Å². The third kappa shape index (κ3) is 1.66. The summed E-state index contributed by atoms with van der Waals surface area (Å²) in [5.41, 5.74) is 0. The Kier molecular flexibility index (Phi) is 2.21. The molecule has 15 heavy (non-hydrogen) atoms. The van der Waals surface area contributed by atoms with E-state index in [-0.39, 0.29) is 12.0 Å². The molecule has 0 amide bonds. The molecule has 5 nitrogen and oxygen atoms in total. The van der Waals surface area contributed by atoms with Crippen LogP contribution >= 0.6 is 0 Å². The summed E-state index contributed by atoms with van der Waals surface area (Å²) in [5.74, 6) is 2.02. The fourth-order valence-corrected chi connectivity index (χ4v) is 2.11. The molecule has 2 aliphatic rings. The van der Waals surface area contributed by atoms with Gasteiger partial charge in [0.2, 0.25) is 5.89 Å². The summed E-state index contributed by atoms with van der Waals surface area (Å²) in [6.45, 7) is 1.49. The number of aromatic nitrogens is 2. The summed E-state index contributed by atoms with van der Waals surface area (Å²) in [6.07, 6.45) is 2.30. The third-order valence-electron chi connectivity index (χ3n) is 3.21. The molecule has 2 heterocycles. The Bertz CT molecular complexity index is 340. The molecule has 1 N–H and O–H groups in total. The Morgan fingerprint density at radius 1 is 1.27 bits per heavy atom. The van der Waals surface area contributed by atoms with Gasteiger partial charge in [0.25, 0.3) is 0 Å². The van der Waals surface area contributed by atoms with Gasteiger partial charge in [0, 0.05) is 18.4 Å². The molecule has 1 saturated heterocycles. The summed E-state index contributed by atoms with van der Waals surface area (Å²) in [4.78, 5) is 4.38. The Balaban J connectivity index is 1.70. The standard InChI is InChI=1S/C10H14N2O3/c13-8-3-7(4-8)10-11-9(12-15-10)6-1-2-14-5-6/h6-8,13H,1-5H2. The number of ether oxygens (including phenoxy) is 1. The molecule has 1 aliphatic carbocycles. The highest BCUT2D eigenvalue weighted by atomic mass is 16.5. The summed E-state index contributed by atoms with van der Waals surface area (Å²) in [6, 6.07) is 0. The van der Waals surface area contributed by atoms with Crippen molar-refractivity contribution in [3.8, 4) is 0 Å². The zero-order valence-corrected chi connectivity index (χ0v) is 8.43. The van der Waals surface area contributed by atoms with Crippen molar-refractivity contribution in [3.63, 3.8) is 0 Å². The van der Waals surface area contributed by atoms with Crippen LogP contribution in [0, 0.1) is 0 Å². The van der Waals surface area contributed by atoms with Gasteiger partial charge in [-0.15, -0.1) is 0 Å². The number of hydrogen-bond acceptors (Lipinski definition) is 5. The van der Waals surface area contributed by atoms with E-state index in [1.807, 2.05) is 0 Å². The minimum absolute atomic E-state index is 0.180. The van der Waals surface area contributed by atoms with E-state index in [4.69, 9.17) is 9.26 Å². The van der Waals surface area contributed by atoms with Gasteiger partial charge in [0.15, 0.2) is 5.82 Å². The van der Waals surface area contributed by atoms with Crippen molar-refractivity contribution in [2.45, 2.75) is 37.2 Å². The van der Waals surface area contributed by atoms with Crippen LogP contribution in [0.5, 0.6) is 0 Å². The van der Waals surface area contributed by atoms with E-state index in [1.54, 1.807) is 0 Å². The first-order valence-corrected chi connectivity index (χ1v) is 5.42. The highest BCUT2D eigenvalue weighted by molar-refractivity contribution is 5.04. The number of aliphatic hydroxyl groups is 1. The highest BCUT2D eigenvalue weighted by Crippen LogP contribution is 2.36. The van der Waals surface area contributed by atoms with Crippen LogP contribution in [0.2, 0.25) is 0 Å². The third-order valence-corrected chi connectivity index (χ3v) is 3.21. The Morgan fingerprint density at radius 2 is 2.13 bits per heavy atom. The Labute approximate surface area is 87.4 Å². The molecule has 5 heteroatoms. The van der Waals surface area contributed by atoms with E-state index in [1.165, 1.54) is 0 Å². The van der Waals surface area contributed by atoms with Gasteiger partial charge in [0.05, 0.1) is 12.7 Å². The summed E-state index contributed by atoms with van der Waals surface area (Å²) in [5, 5.41) is 13.2. The van der Waals surface area contributed by atoms with Crippen molar-refractivity contribution in [3.05, 3.63) is 11.7 Å². The smallest absolute Gasteiger partial charge is 0.229 e. The lowest BCUT2D eigenvalue weighted by Gasteiger charge is -2.27. The molecule has 3 rings (SSSR count). The molecule has 1 aliphatic heterocycles. The Hall–Kier alpha value is -0.940. The topological polar surface area (TPSA) is 68.4 Å². The average molecular weight is 210 g/mol. The zero-order valence-electron chi connectivity index (χ0n) is 8.43. The molecule has 1 unspecified atom stereocenters. The monoisotopic (exact) mass is 210 g/mol. The van der Waals surface area contributed by atoms with Crippen LogP contribution in [0.15, 0.2) is 4.52 Å². The summed E-state index contributed by atoms with van der Waals surface area (Å²) in [7, 11) is 0. The lowest BCUT2D eigenvalue weighted by atomic mass is 9.82. The van der Waals surface area contributed by atoms with Crippen LogP contribution in [0.4, 0.5) is 0 Å². The molecule has 0 bridgehead atoms. The molecular weight excluding hydrogens is 196 g/mol. The van der Waals surface area contributed by atoms with Crippen LogP contribution in [0.3, 0.4) is 0 Å². The molecule has 1 aromatic heterocycles. The van der Waals surface area contributed by atoms with Gasteiger partial charge in [0.1, 0.15) is 0 Å². The van der Waals surface area contributed by atoms with Gasteiger partial charge in [-0.05, 0) is 19.3 Å². The van der Waals surface area contributed by atoms with Crippen LogP contribution in [-0.4, -0.2) is 34.6 Å². The van der Waals surface area contributed by atoms with Crippen LogP contribution in [0.1, 0.15) is 42.8 Å². The summed E-state index contributed by atoms with van der Waals surface area (Å²) < 4.78 is 10.5. The van der Waals surface area contributed by atoms with Gasteiger partial charge in [-0.2, -0.15) is 4.98 Å². The number of hydrogen-bond donors (Lipinski definition) is 1. The number of rotatable bonds is 2. The van der Waals surface area contributed by atoms with Crippen molar-refractivity contribution in [2.75, 3.05) is 13.2 Å². The molecule has 1 aromatic rings. The first kappa shape index (κ1) is 9.30. The van der Waals surface area contributed by atoms with E-state index < -0.39 is 0 Å². The number of nitrogens with zero attached hydrogens (tertiary/aromatic N) is 2. The minimum Gasteiger partial charge on any atom is -0.393 e. The fraction of sp³-hybridized carbons (Fsp3) is 0.800. The second-order valence-electron chi connectivity index (χ2n) is 4.37. The van der Waals surface area contributed by atoms with Gasteiger partial charge >= 0.3 is 0 Å². The zero-order chi connectivity index (χ0) is 10.3.